The zero-order chi connectivity index (χ0) is 10.7. The fourth-order valence-electron chi connectivity index (χ4n) is 1.26. The molecule has 0 aliphatic carbocycles. The first-order valence-corrected chi connectivity index (χ1v) is 5.36. The number of ketones is 1. The molecule has 2 aromatic rings. The minimum Gasteiger partial charge on any atom is -0.292 e. The molecule has 15 heavy (non-hydrogen) atoms. The van der Waals surface area contributed by atoms with Crippen molar-refractivity contribution in [3.8, 4) is 0 Å². The van der Waals surface area contributed by atoms with Gasteiger partial charge in [-0.3, -0.25) is 4.79 Å². The average molecular weight is 221 g/mol. The Balaban J connectivity index is 2.17. The van der Waals surface area contributed by atoms with E-state index in [1.165, 1.54) is 17.4 Å². The molecule has 1 aromatic heterocycles. The molecule has 0 unspecified atom stereocenters. The standard InChI is InChI=1S/C11H8FNOS/c12-9-4-2-1-3-8(9)5-11(14)10-6-15-7-13-10/h1-4,6-7H,5H2. The van der Waals surface area contributed by atoms with Gasteiger partial charge in [0, 0.05) is 11.8 Å². The number of hydrogen-bond acceptors (Lipinski definition) is 3. The highest BCUT2D eigenvalue weighted by Gasteiger charge is 2.11. The third kappa shape index (κ3) is 2.27. The highest BCUT2D eigenvalue weighted by Crippen LogP contribution is 2.11. The van der Waals surface area contributed by atoms with E-state index in [9.17, 15) is 9.18 Å². The van der Waals surface area contributed by atoms with Gasteiger partial charge in [0.15, 0.2) is 5.78 Å². The van der Waals surface area contributed by atoms with E-state index in [1.54, 1.807) is 29.1 Å². The molecule has 1 heterocycles. The molecule has 76 valence electrons. The van der Waals surface area contributed by atoms with Crippen molar-refractivity contribution in [2.24, 2.45) is 0 Å². The van der Waals surface area contributed by atoms with Crippen LogP contribution in [0.1, 0.15) is 16.1 Å². The fraction of sp³-hybridized carbons (Fsp3) is 0.0909. The van der Waals surface area contributed by atoms with Crippen LogP contribution in [0.5, 0.6) is 0 Å². The van der Waals surface area contributed by atoms with Crippen LogP contribution in [0, 0.1) is 5.82 Å². The van der Waals surface area contributed by atoms with Crippen molar-refractivity contribution in [1.82, 2.24) is 4.98 Å². The fourth-order valence-corrected chi connectivity index (χ4v) is 1.81. The Kier molecular flexibility index (Phi) is 2.87. The number of nitrogens with zero attached hydrogens (tertiary/aromatic N) is 1. The summed E-state index contributed by atoms with van der Waals surface area (Å²) in [5.74, 6) is -0.498. The van der Waals surface area contributed by atoms with Crippen molar-refractivity contribution in [1.29, 1.82) is 0 Å². The van der Waals surface area contributed by atoms with Crippen LogP contribution in [0.25, 0.3) is 0 Å². The van der Waals surface area contributed by atoms with Crippen molar-refractivity contribution in [3.63, 3.8) is 0 Å². The van der Waals surface area contributed by atoms with E-state index in [1.807, 2.05) is 0 Å². The van der Waals surface area contributed by atoms with E-state index < -0.39 is 0 Å². The van der Waals surface area contributed by atoms with Gasteiger partial charge in [0.1, 0.15) is 11.5 Å². The molecule has 4 heteroatoms. The van der Waals surface area contributed by atoms with Gasteiger partial charge in [-0.05, 0) is 11.6 Å². The first kappa shape index (κ1) is 9.98. The van der Waals surface area contributed by atoms with Gasteiger partial charge in [-0.1, -0.05) is 18.2 Å². The summed E-state index contributed by atoms with van der Waals surface area (Å²) in [5, 5.41) is 1.67. The van der Waals surface area contributed by atoms with Gasteiger partial charge in [0.05, 0.1) is 5.51 Å². The van der Waals surface area contributed by atoms with Gasteiger partial charge in [0.25, 0.3) is 0 Å². The Morgan fingerprint density at radius 2 is 2.20 bits per heavy atom. The van der Waals surface area contributed by atoms with Crippen LogP contribution in [0.2, 0.25) is 0 Å². The normalized spacial score (nSPS) is 10.2. The molecule has 0 aliphatic rings. The second-order valence-electron chi connectivity index (χ2n) is 3.07. The lowest BCUT2D eigenvalue weighted by Crippen LogP contribution is -2.05. The Morgan fingerprint density at radius 1 is 1.40 bits per heavy atom. The summed E-state index contributed by atoms with van der Waals surface area (Å²) < 4.78 is 13.2. The Morgan fingerprint density at radius 3 is 2.87 bits per heavy atom. The van der Waals surface area contributed by atoms with E-state index in [0.29, 0.717) is 11.3 Å². The number of rotatable bonds is 3. The lowest BCUT2D eigenvalue weighted by molar-refractivity contribution is 0.0988. The molecule has 0 radical (unpaired) electrons. The average Bonchev–Trinajstić information content (AvgIpc) is 2.74. The van der Waals surface area contributed by atoms with Crippen molar-refractivity contribution >= 4 is 17.1 Å². The van der Waals surface area contributed by atoms with Crippen LogP contribution in [-0.4, -0.2) is 10.8 Å². The van der Waals surface area contributed by atoms with Crippen molar-refractivity contribution in [3.05, 3.63) is 52.2 Å². The number of halogens is 1. The topological polar surface area (TPSA) is 30.0 Å². The Labute approximate surface area is 90.4 Å². The molecular formula is C11H8FNOS. The summed E-state index contributed by atoms with van der Waals surface area (Å²) in [6, 6.07) is 6.28. The number of benzene rings is 1. The second kappa shape index (κ2) is 4.31. The molecule has 0 fully saturated rings. The first-order valence-electron chi connectivity index (χ1n) is 4.42. The number of aromatic nitrogens is 1. The van der Waals surface area contributed by atoms with Crippen LogP contribution in [0.3, 0.4) is 0 Å². The van der Waals surface area contributed by atoms with Crippen molar-refractivity contribution in [2.75, 3.05) is 0 Å². The third-order valence-electron chi connectivity index (χ3n) is 2.03. The molecule has 0 spiro atoms. The van der Waals surface area contributed by atoms with Crippen molar-refractivity contribution < 1.29 is 9.18 Å². The van der Waals surface area contributed by atoms with E-state index in [0.717, 1.165) is 0 Å². The Hall–Kier alpha value is -1.55. The van der Waals surface area contributed by atoms with E-state index in [4.69, 9.17) is 0 Å². The molecule has 0 aliphatic heterocycles. The molecule has 0 amide bonds. The number of carbonyl (C=O) groups excluding carboxylic acids is 1. The van der Waals surface area contributed by atoms with E-state index >= 15 is 0 Å². The van der Waals surface area contributed by atoms with Crippen LogP contribution in [0.15, 0.2) is 35.2 Å². The molecule has 2 rings (SSSR count). The maximum atomic E-state index is 13.2. The number of Topliss-reactive ketones (excluding diaryl/α,β-unsaturated/α-hetero) is 1. The number of hydrogen-bond donors (Lipinski definition) is 0. The minimum absolute atomic E-state index is 0.0659. The summed E-state index contributed by atoms with van der Waals surface area (Å²) in [6.45, 7) is 0. The highest BCUT2D eigenvalue weighted by molar-refractivity contribution is 7.07. The monoisotopic (exact) mass is 221 g/mol. The lowest BCUT2D eigenvalue weighted by atomic mass is 10.1. The second-order valence-corrected chi connectivity index (χ2v) is 3.78. The molecule has 0 saturated heterocycles. The lowest BCUT2D eigenvalue weighted by Gasteiger charge is -1.99. The quantitative estimate of drug-likeness (QED) is 0.746. The predicted molar refractivity (Wildman–Crippen MR) is 56.5 cm³/mol. The predicted octanol–water partition coefficient (Wildman–Crippen LogP) is 2.71. The summed E-state index contributed by atoms with van der Waals surface area (Å²) >= 11 is 1.36. The molecule has 0 saturated carbocycles. The van der Waals surface area contributed by atoms with Gasteiger partial charge in [-0.15, -0.1) is 11.3 Å². The maximum Gasteiger partial charge on any atom is 0.186 e. The zero-order valence-corrected chi connectivity index (χ0v) is 8.63. The first-order chi connectivity index (χ1) is 7.27. The molecule has 1 aromatic carbocycles. The van der Waals surface area contributed by atoms with Gasteiger partial charge in [0.2, 0.25) is 0 Å². The molecular weight excluding hydrogens is 213 g/mol. The van der Waals surface area contributed by atoms with Crippen LogP contribution in [0.4, 0.5) is 4.39 Å². The molecule has 2 nitrogen and oxygen atoms in total. The molecule has 0 N–H and O–H groups in total. The van der Waals surface area contributed by atoms with Crippen LogP contribution in [-0.2, 0) is 6.42 Å². The summed E-state index contributed by atoms with van der Waals surface area (Å²) in [7, 11) is 0. The van der Waals surface area contributed by atoms with Gasteiger partial charge in [-0.25, -0.2) is 9.37 Å². The Bertz CT molecular complexity index is 467. The van der Waals surface area contributed by atoms with Crippen molar-refractivity contribution in [2.45, 2.75) is 6.42 Å². The number of thiazole rings is 1. The minimum atomic E-state index is -0.346. The molecule has 0 bridgehead atoms. The molecule has 0 atom stereocenters. The van der Waals surface area contributed by atoms with Crippen LogP contribution < -0.4 is 0 Å². The summed E-state index contributed by atoms with van der Waals surface area (Å²) in [6.07, 6.45) is 0.0659. The van der Waals surface area contributed by atoms with Gasteiger partial charge < -0.3 is 0 Å². The SMILES string of the molecule is O=C(Cc1ccccc1F)c1cscn1. The third-order valence-corrected chi connectivity index (χ3v) is 2.61. The van der Waals surface area contributed by atoms with E-state index in [-0.39, 0.29) is 18.0 Å². The van der Waals surface area contributed by atoms with Gasteiger partial charge >= 0.3 is 0 Å². The van der Waals surface area contributed by atoms with Crippen LogP contribution >= 0.6 is 11.3 Å². The largest absolute Gasteiger partial charge is 0.292 e. The summed E-state index contributed by atoms with van der Waals surface area (Å²) in [5.41, 5.74) is 2.41. The van der Waals surface area contributed by atoms with Gasteiger partial charge in [-0.2, -0.15) is 0 Å². The zero-order valence-electron chi connectivity index (χ0n) is 7.81. The summed E-state index contributed by atoms with van der Waals surface area (Å²) in [4.78, 5) is 15.5. The maximum absolute atomic E-state index is 13.2. The number of carbonyl (C=O) groups is 1. The smallest absolute Gasteiger partial charge is 0.186 e. The highest BCUT2D eigenvalue weighted by atomic mass is 32.1. The van der Waals surface area contributed by atoms with E-state index in [2.05, 4.69) is 4.98 Å².